The first-order chi connectivity index (χ1) is 7.27. The number of hydrogen-bond acceptors (Lipinski definition) is 4. The van der Waals surface area contributed by atoms with Crippen molar-refractivity contribution < 1.29 is 14.3 Å². The first-order valence-corrected chi connectivity index (χ1v) is 4.78. The number of nitriles is 1. The highest BCUT2D eigenvalue weighted by molar-refractivity contribution is 5.67. The lowest BCUT2D eigenvalue weighted by Gasteiger charge is -2.19. The van der Waals surface area contributed by atoms with Crippen molar-refractivity contribution in [1.82, 2.24) is 4.90 Å². The lowest BCUT2D eigenvalue weighted by Crippen LogP contribution is -2.36. The smallest absolute Gasteiger partial charge is 0.410 e. The number of carbonyl (C=O) groups is 1. The zero-order chi connectivity index (χ0) is 11.1. The van der Waals surface area contributed by atoms with Crippen LogP contribution in [0, 0.1) is 17.2 Å². The number of ether oxygens (including phenoxy) is 2. The Bertz CT molecular complexity index is 272. The minimum atomic E-state index is -0.416. The summed E-state index contributed by atoms with van der Waals surface area (Å²) in [4.78, 5) is 13.0. The van der Waals surface area contributed by atoms with E-state index in [4.69, 9.17) is 14.7 Å². The summed E-state index contributed by atoms with van der Waals surface area (Å²) in [5.74, 6) is -0.274. The summed E-state index contributed by atoms with van der Waals surface area (Å²) in [5.41, 5.74) is 0. The molecule has 0 aliphatic carbocycles. The lowest BCUT2D eigenvalue weighted by atomic mass is 10.2. The van der Waals surface area contributed by atoms with Crippen LogP contribution in [0.5, 0.6) is 0 Å². The Morgan fingerprint density at radius 1 is 1.80 bits per heavy atom. The van der Waals surface area contributed by atoms with Crippen molar-refractivity contribution in [2.75, 3.05) is 32.9 Å². The SMILES string of the molecule is C=CCOC(=O)N1CCOCC(C#N)C1. The zero-order valence-corrected chi connectivity index (χ0v) is 8.52. The topological polar surface area (TPSA) is 62.6 Å². The van der Waals surface area contributed by atoms with Gasteiger partial charge >= 0.3 is 6.09 Å². The average Bonchev–Trinajstić information content (AvgIpc) is 2.50. The Morgan fingerprint density at radius 3 is 3.27 bits per heavy atom. The van der Waals surface area contributed by atoms with Crippen LogP contribution in [0.25, 0.3) is 0 Å². The molecule has 1 amide bonds. The van der Waals surface area contributed by atoms with Gasteiger partial charge in [-0.25, -0.2) is 4.79 Å². The van der Waals surface area contributed by atoms with Crippen molar-refractivity contribution >= 4 is 6.09 Å². The molecule has 5 nitrogen and oxygen atoms in total. The molecule has 1 atom stereocenters. The van der Waals surface area contributed by atoms with Gasteiger partial charge in [0.15, 0.2) is 0 Å². The van der Waals surface area contributed by atoms with Crippen LogP contribution in [0.4, 0.5) is 4.79 Å². The van der Waals surface area contributed by atoms with E-state index in [-0.39, 0.29) is 12.5 Å². The lowest BCUT2D eigenvalue weighted by molar-refractivity contribution is 0.105. The molecule has 0 aromatic carbocycles. The molecule has 1 aliphatic rings. The molecule has 5 heteroatoms. The highest BCUT2D eigenvalue weighted by Gasteiger charge is 2.22. The van der Waals surface area contributed by atoms with Gasteiger partial charge in [-0.2, -0.15) is 5.26 Å². The molecule has 0 radical (unpaired) electrons. The summed E-state index contributed by atoms with van der Waals surface area (Å²) in [5, 5.41) is 8.77. The summed E-state index contributed by atoms with van der Waals surface area (Å²) in [6, 6.07) is 2.09. The van der Waals surface area contributed by atoms with Crippen LogP contribution in [0.2, 0.25) is 0 Å². The van der Waals surface area contributed by atoms with Gasteiger partial charge in [-0.05, 0) is 0 Å². The van der Waals surface area contributed by atoms with E-state index in [9.17, 15) is 4.79 Å². The van der Waals surface area contributed by atoms with Gasteiger partial charge in [0.1, 0.15) is 6.61 Å². The van der Waals surface area contributed by atoms with Crippen molar-refractivity contribution in [3.63, 3.8) is 0 Å². The normalized spacial score (nSPS) is 21.3. The second-order valence-electron chi connectivity index (χ2n) is 3.21. The Hall–Kier alpha value is -1.54. The van der Waals surface area contributed by atoms with Crippen LogP contribution < -0.4 is 0 Å². The van der Waals surface area contributed by atoms with Gasteiger partial charge in [-0.15, -0.1) is 0 Å². The van der Waals surface area contributed by atoms with E-state index in [1.54, 1.807) is 0 Å². The number of amides is 1. The highest BCUT2D eigenvalue weighted by atomic mass is 16.6. The fourth-order valence-electron chi connectivity index (χ4n) is 1.28. The molecule has 1 fully saturated rings. The van der Waals surface area contributed by atoms with E-state index in [1.165, 1.54) is 11.0 Å². The molecule has 0 spiro atoms. The molecule has 1 aliphatic heterocycles. The van der Waals surface area contributed by atoms with E-state index in [1.807, 2.05) is 0 Å². The minimum Gasteiger partial charge on any atom is -0.445 e. The van der Waals surface area contributed by atoms with E-state index in [0.717, 1.165) is 0 Å². The van der Waals surface area contributed by atoms with Crippen molar-refractivity contribution in [2.45, 2.75) is 0 Å². The van der Waals surface area contributed by atoms with Crippen molar-refractivity contribution in [3.8, 4) is 6.07 Å². The molecule has 0 saturated carbocycles. The zero-order valence-electron chi connectivity index (χ0n) is 8.52. The largest absolute Gasteiger partial charge is 0.445 e. The molecule has 0 bridgehead atoms. The molecule has 82 valence electrons. The Morgan fingerprint density at radius 2 is 2.60 bits per heavy atom. The van der Waals surface area contributed by atoms with Gasteiger partial charge in [0, 0.05) is 13.1 Å². The van der Waals surface area contributed by atoms with Crippen molar-refractivity contribution in [2.24, 2.45) is 5.92 Å². The van der Waals surface area contributed by atoms with Gasteiger partial charge in [-0.3, -0.25) is 0 Å². The third-order valence-electron chi connectivity index (χ3n) is 2.03. The molecule has 0 aromatic heterocycles. The van der Waals surface area contributed by atoms with E-state index in [2.05, 4.69) is 12.6 Å². The van der Waals surface area contributed by atoms with Crippen LogP contribution in [0.1, 0.15) is 0 Å². The molecule has 0 aromatic rings. The van der Waals surface area contributed by atoms with Gasteiger partial charge in [0.25, 0.3) is 0 Å². The minimum absolute atomic E-state index is 0.188. The predicted octanol–water partition coefficient (Wildman–Crippen LogP) is 0.781. The fraction of sp³-hybridized carbons (Fsp3) is 0.600. The Labute approximate surface area is 88.9 Å². The first kappa shape index (κ1) is 11.5. The monoisotopic (exact) mass is 210 g/mol. The number of nitrogens with zero attached hydrogens (tertiary/aromatic N) is 2. The van der Waals surface area contributed by atoms with Crippen molar-refractivity contribution in [1.29, 1.82) is 5.26 Å². The molecule has 1 saturated heterocycles. The highest BCUT2D eigenvalue weighted by Crippen LogP contribution is 2.07. The molecular weight excluding hydrogens is 196 g/mol. The maximum Gasteiger partial charge on any atom is 0.410 e. The van der Waals surface area contributed by atoms with Crippen LogP contribution in [0.15, 0.2) is 12.7 Å². The summed E-state index contributed by atoms with van der Waals surface area (Å²) in [6.07, 6.45) is 1.09. The molecular formula is C10H14N2O3. The van der Waals surface area contributed by atoms with Gasteiger partial charge in [0.05, 0.1) is 25.2 Å². The standard InChI is InChI=1S/C10H14N2O3/c1-2-4-15-10(13)12-3-5-14-8-9(6-11)7-12/h2,9H,1,3-5,7-8H2. The van der Waals surface area contributed by atoms with Gasteiger partial charge in [0.2, 0.25) is 0 Å². The van der Waals surface area contributed by atoms with Crippen LogP contribution in [-0.4, -0.2) is 43.9 Å². The van der Waals surface area contributed by atoms with Crippen LogP contribution in [-0.2, 0) is 9.47 Å². The van der Waals surface area contributed by atoms with E-state index >= 15 is 0 Å². The second-order valence-corrected chi connectivity index (χ2v) is 3.21. The number of hydrogen-bond donors (Lipinski definition) is 0. The molecule has 1 unspecified atom stereocenters. The molecule has 1 rings (SSSR count). The predicted molar refractivity (Wildman–Crippen MR) is 53.0 cm³/mol. The first-order valence-electron chi connectivity index (χ1n) is 4.78. The molecule has 15 heavy (non-hydrogen) atoms. The Balaban J connectivity index is 2.48. The Kier molecular flexibility index (Phi) is 4.64. The maximum atomic E-state index is 11.5. The number of rotatable bonds is 2. The van der Waals surface area contributed by atoms with Crippen LogP contribution in [0.3, 0.4) is 0 Å². The molecule has 0 N–H and O–H groups in total. The maximum absolute atomic E-state index is 11.5. The quantitative estimate of drug-likeness (QED) is 0.632. The number of carbonyl (C=O) groups excluding carboxylic acids is 1. The van der Waals surface area contributed by atoms with Crippen molar-refractivity contribution in [3.05, 3.63) is 12.7 Å². The van der Waals surface area contributed by atoms with Crippen LogP contribution >= 0.6 is 0 Å². The average molecular weight is 210 g/mol. The van der Waals surface area contributed by atoms with Gasteiger partial charge < -0.3 is 14.4 Å². The fourth-order valence-corrected chi connectivity index (χ4v) is 1.28. The summed E-state index contributed by atoms with van der Waals surface area (Å²) >= 11 is 0. The second kappa shape index (κ2) is 6.04. The third-order valence-corrected chi connectivity index (χ3v) is 2.03. The third kappa shape index (κ3) is 3.60. The summed E-state index contributed by atoms with van der Waals surface area (Å²) < 4.78 is 10.1. The van der Waals surface area contributed by atoms with E-state index in [0.29, 0.717) is 26.3 Å². The summed E-state index contributed by atoms with van der Waals surface area (Å²) in [7, 11) is 0. The van der Waals surface area contributed by atoms with Gasteiger partial charge in [-0.1, -0.05) is 12.7 Å². The summed E-state index contributed by atoms with van der Waals surface area (Å²) in [6.45, 7) is 5.30. The van der Waals surface area contributed by atoms with E-state index < -0.39 is 6.09 Å². The molecule has 1 heterocycles.